The van der Waals surface area contributed by atoms with Gasteiger partial charge in [0, 0.05) is 24.2 Å². The number of thioether (sulfide) groups is 1. The fourth-order valence-corrected chi connectivity index (χ4v) is 2.43. The Morgan fingerprint density at radius 1 is 1.69 bits per heavy atom. The van der Waals surface area contributed by atoms with Gasteiger partial charge in [-0.15, -0.1) is 0 Å². The molecular formula is C9H14N2OS. The van der Waals surface area contributed by atoms with Crippen molar-refractivity contribution in [2.24, 2.45) is 7.05 Å². The first-order valence-electron chi connectivity index (χ1n) is 4.40. The predicted molar refractivity (Wildman–Crippen MR) is 53.6 cm³/mol. The Balaban J connectivity index is 2.22. The highest BCUT2D eigenvalue weighted by Gasteiger charge is 2.50. The first-order valence-corrected chi connectivity index (χ1v) is 5.62. The molecule has 1 fully saturated rings. The van der Waals surface area contributed by atoms with E-state index in [9.17, 15) is 5.11 Å². The van der Waals surface area contributed by atoms with Crippen LogP contribution in [0.4, 0.5) is 0 Å². The maximum Gasteiger partial charge on any atom is 0.138 e. The largest absolute Gasteiger partial charge is 0.384 e. The van der Waals surface area contributed by atoms with E-state index < -0.39 is 6.10 Å². The number of nitrogens with zero attached hydrogens (tertiary/aromatic N) is 2. The average Bonchev–Trinajstić information content (AvgIpc) is 2.83. The monoisotopic (exact) mass is 198 g/mol. The predicted octanol–water partition coefficient (Wildman–Crippen LogP) is 1.35. The number of hydrogen-bond donors (Lipinski definition) is 1. The minimum absolute atomic E-state index is 0.0547. The zero-order valence-electron chi connectivity index (χ0n) is 7.90. The molecule has 1 aliphatic rings. The third-order valence-corrected chi connectivity index (χ3v) is 4.20. The van der Waals surface area contributed by atoms with Crippen molar-refractivity contribution in [1.82, 2.24) is 9.55 Å². The molecule has 2 rings (SSSR count). The summed E-state index contributed by atoms with van der Waals surface area (Å²) in [6.45, 7) is 0. The lowest BCUT2D eigenvalue weighted by molar-refractivity contribution is 0.154. The first-order chi connectivity index (χ1) is 6.19. The summed E-state index contributed by atoms with van der Waals surface area (Å²) in [6.07, 6.45) is 7.44. The third kappa shape index (κ3) is 1.38. The van der Waals surface area contributed by atoms with Crippen LogP contribution in [0.5, 0.6) is 0 Å². The summed E-state index contributed by atoms with van der Waals surface area (Å²) in [5.74, 6) is 0.784. The van der Waals surface area contributed by atoms with Gasteiger partial charge in [-0.3, -0.25) is 0 Å². The van der Waals surface area contributed by atoms with E-state index in [-0.39, 0.29) is 4.75 Å². The van der Waals surface area contributed by atoms with Crippen LogP contribution in [-0.4, -0.2) is 25.7 Å². The molecular weight excluding hydrogens is 184 g/mol. The molecule has 1 atom stereocenters. The Hall–Kier alpha value is -0.480. The normalized spacial score (nSPS) is 21.5. The summed E-state index contributed by atoms with van der Waals surface area (Å²) in [6, 6.07) is 0. The van der Waals surface area contributed by atoms with Crippen molar-refractivity contribution in [2.75, 3.05) is 6.26 Å². The summed E-state index contributed by atoms with van der Waals surface area (Å²) in [4.78, 5) is 4.17. The van der Waals surface area contributed by atoms with Crippen molar-refractivity contribution >= 4 is 11.8 Å². The Labute approximate surface area is 82.2 Å². The minimum atomic E-state index is -0.414. The van der Waals surface area contributed by atoms with Gasteiger partial charge in [0.1, 0.15) is 11.9 Å². The molecule has 0 radical (unpaired) electrons. The van der Waals surface area contributed by atoms with Crippen LogP contribution in [-0.2, 0) is 7.05 Å². The van der Waals surface area contributed by atoms with Gasteiger partial charge in [-0.1, -0.05) is 0 Å². The van der Waals surface area contributed by atoms with Crippen LogP contribution in [0.3, 0.4) is 0 Å². The second kappa shape index (κ2) is 3.03. The molecule has 4 heteroatoms. The topological polar surface area (TPSA) is 38.1 Å². The zero-order chi connectivity index (χ0) is 9.47. The van der Waals surface area contributed by atoms with Crippen molar-refractivity contribution in [2.45, 2.75) is 23.7 Å². The van der Waals surface area contributed by atoms with Gasteiger partial charge in [0.25, 0.3) is 0 Å². The Bertz CT molecular complexity index is 306. The Kier molecular flexibility index (Phi) is 2.12. The maximum absolute atomic E-state index is 10.1. The number of aryl methyl sites for hydroxylation is 1. The molecule has 0 bridgehead atoms. The molecule has 72 valence electrons. The molecule has 1 aromatic heterocycles. The van der Waals surface area contributed by atoms with E-state index in [1.54, 1.807) is 18.0 Å². The standard InChI is InChI=1S/C9H14N2OS/c1-11-6-5-10-8(11)7(12)9(13-2)3-4-9/h5-7,12H,3-4H2,1-2H3. The summed E-state index contributed by atoms with van der Waals surface area (Å²) in [5.41, 5.74) is 0. The van der Waals surface area contributed by atoms with Crippen molar-refractivity contribution < 1.29 is 5.11 Å². The molecule has 0 aromatic carbocycles. The lowest BCUT2D eigenvalue weighted by Crippen LogP contribution is -2.19. The van der Waals surface area contributed by atoms with Crippen LogP contribution >= 0.6 is 11.8 Å². The van der Waals surface area contributed by atoms with Crippen LogP contribution in [0.1, 0.15) is 24.8 Å². The van der Waals surface area contributed by atoms with Gasteiger partial charge in [-0.2, -0.15) is 11.8 Å². The first kappa shape index (κ1) is 9.09. The average molecular weight is 198 g/mol. The van der Waals surface area contributed by atoms with Crippen LogP contribution in [0.15, 0.2) is 12.4 Å². The molecule has 0 aliphatic heterocycles. The fourth-order valence-electron chi connectivity index (χ4n) is 1.59. The fraction of sp³-hybridized carbons (Fsp3) is 0.667. The van der Waals surface area contributed by atoms with Crippen molar-refractivity contribution in [3.8, 4) is 0 Å². The van der Waals surface area contributed by atoms with Gasteiger partial charge in [-0.05, 0) is 19.1 Å². The number of hydrogen-bond acceptors (Lipinski definition) is 3. The molecule has 3 nitrogen and oxygen atoms in total. The highest BCUT2D eigenvalue weighted by molar-refractivity contribution is 8.00. The molecule has 13 heavy (non-hydrogen) atoms. The highest BCUT2D eigenvalue weighted by atomic mass is 32.2. The molecule has 1 aromatic rings. The lowest BCUT2D eigenvalue weighted by atomic mass is 10.2. The second-order valence-electron chi connectivity index (χ2n) is 3.57. The molecule has 1 heterocycles. The molecule has 0 spiro atoms. The number of aliphatic hydroxyl groups excluding tert-OH is 1. The molecule has 1 unspecified atom stereocenters. The van der Waals surface area contributed by atoms with Crippen LogP contribution in [0, 0.1) is 0 Å². The van der Waals surface area contributed by atoms with E-state index in [4.69, 9.17) is 0 Å². The number of imidazole rings is 1. The van der Waals surface area contributed by atoms with Crippen molar-refractivity contribution in [3.63, 3.8) is 0 Å². The summed E-state index contributed by atoms with van der Waals surface area (Å²) in [5, 5.41) is 10.1. The minimum Gasteiger partial charge on any atom is -0.384 e. The zero-order valence-corrected chi connectivity index (χ0v) is 8.71. The van der Waals surface area contributed by atoms with E-state index in [0.717, 1.165) is 18.7 Å². The molecule has 1 N–H and O–H groups in total. The van der Waals surface area contributed by atoms with Crippen LogP contribution in [0.25, 0.3) is 0 Å². The number of aliphatic hydroxyl groups is 1. The van der Waals surface area contributed by atoms with E-state index in [1.807, 2.05) is 17.8 Å². The van der Waals surface area contributed by atoms with Gasteiger partial charge in [0.15, 0.2) is 0 Å². The molecule has 1 saturated carbocycles. The van der Waals surface area contributed by atoms with E-state index >= 15 is 0 Å². The SMILES string of the molecule is CSC1(C(O)c2nccn2C)CC1. The Morgan fingerprint density at radius 3 is 2.77 bits per heavy atom. The van der Waals surface area contributed by atoms with Crippen LogP contribution in [0.2, 0.25) is 0 Å². The quantitative estimate of drug-likeness (QED) is 0.796. The van der Waals surface area contributed by atoms with Crippen LogP contribution < -0.4 is 0 Å². The summed E-state index contributed by atoms with van der Waals surface area (Å²) < 4.78 is 1.94. The number of aromatic nitrogens is 2. The maximum atomic E-state index is 10.1. The summed E-state index contributed by atoms with van der Waals surface area (Å²) >= 11 is 1.75. The van der Waals surface area contributed by atoms with Gasteiger partial charge < -0.3 is 9.67 Å². The van der Waals surface area contributed by atoms with Crippen molar-refractivity contribution in [3.05, 3.63) is 18.2 Å². The lowest BCUT2D eigenvalue weighted by Gasteiger charge is -2.19. The highest BCUT2D eigenvalue weighted by Crippen LogP contribution is 2.55. The van der Waals surface area contributed by atoms with Gasteiger partial charge in [0.2, 0.25) is 0 Å². The third-order valence-electron chi connectivity index (χ3n) is 2.75. The molecule has 0 amide bonds. The van der Waals surface area contributed by atoms with E-state index in [2.05, 4.69) is 11.2 Å². The number of rotatable bonds is 3. The summed E-state index contributed by atoms with van der Waals surface area (Å²) in [7, 11) is 1.92. The molecule has 0 saturated heterocycles. The smallest absolute Gasteiger partial charge is 0.138 e. The Morgan fingerprint density at radius 2 is 2.38 bits per heavy atom. The van der Waals surface area contributed by atoms with Crippen molar-refractivity contribution in [1.29, 1.82) is 0 Å². The van der Waals surface area contributed by atoms with E-state index in [0.29, 0.717) is 0 Å². The van der Waals surface area contributed by atoms with Gasteiger partial charge in [-0.25, -0.2) is 4.98 Å². The van der Waals surface area contributed by atoms with Gasteiger partial charge in [0.05, 0.1) is 0 Å². The van der Waals surface area contributed by atoms with Gasteiger partial charge >= 0.3 is 0 Å². The second-order valence-corrected chi connectivity index (χ2v) is 4.79. The molecule has 1 aliphatic carbocycles. The van der Waals surface area contributed by atoms with E-state index in [1.165, 1.54) is 0 Å².